The van der Waals surface area contributed by atoms with Gasteiger partial charge in [-0.2, -0.15) is 11.8 Å². The number of methoxy groups -OCH3 is 1. The first kappa shape index (κ1) is 12.2. The summed E-state index contributed by atoms with van der Waals surface area (Å²) in [6.07, 6.45) is 1.99. The van der Waals surface area contributed by atoms with E-state index >= 15 is 0 Å². The van der Waals surface area contributed by atoms with Gasteiger partial charge in [-0.05, 0) is 24.3 Å². The summed E-state index contributed by atoms with van der Waals surface area (Å²) in [6.45, 7) is 0.928. The Morgan fingerprint density at radius 2 is 2.25 bits per heavy atom. The van der Waals surface area contributed by atoms with Crippen LogP contribution in [0.2, 0.25) is 0 Å². The Kier molecular flexibility index (Phi) is 9.50. The highest BCUT2D eigenvalue weighted by Gasteiger charge is 1.98. The van der Waals surface area contributed by atoms with Gasteiger partial charge in [-0.15, -0.1) is 0 Å². The Hall–Kier alpha value is 0.230. The molecule has 0 amide bonds. The van der Waals surface area contributed by atoms with E-state index in [1.54, 1.807) is 7.11 Å². The largest absolute Gasteiger partial charge is 0.395 e. The van der Waals surface area contributed by atoms with E-state index in [4.69, 9.17) is 15.6 Å². The Balaban J connectivity index is 2.90. The molecule has 3 N–H and O–H groups in total. The minimum atomic E-state index is -0.0417. The van der Waals surface area contributed by atoms with E-state index in [9.17, 15) is 0 Å². The van der Waals surface area contributed by atoms with Gasteiger partial charge in [0, 0.05) is 19.8 Å². The van der Waals surface area contributed by atoms with Crippen LogP contribution in [0.15, 0.2) is 0 Å². The van der Waals surface area contributed by atoms with Gasteiger partial charge in [-0.25, -0.2) is 0 Å². The van der Waals surface area contributed by atoms with Crippen molar-refractivity contribution in [2.75, 3.05) is 31.8 Å². The summed E-state index contributed by atoms with van der Waals surface area (Å²) in [5, 5.41) is 8.62. The van der Waals surface area contributed by atoms with Crippen LogP contribution < -0.4 is 5.73 Å². The SMILES string of the molecule is COCCCSCCC(N)CO. The van der Waals surface area contributed by atoms with Crippen molar-refractivity contribution in [3.05, 3.63) is 0 Å². The Morgan fingerprint density at radius 3 is 2.83 bits per heavy atom. The Morgan fingerprint density at radius 1 is 1.50 bits per heavy atom. The van der Waals surface area contributed by atoms with Crippen LogP contribution in [-0.2, 0) is 4.74 Å². The molecule has 0 aliphatic carbocycles. The van der Waals surface area contributed by atoms with Crippen molar-refractivity contribution in [3.63, 3.8) is 0 Å². The fourth-order valence-corrected chi connectivity index (χ4v) is 1.73. The highest BCUT2D eigenvalue weighted by Crippen LogP contribution is 2.05. The maximum Gasteiger partial charge on any atom is 0.0582 e. The van der Waals surface area contributed by atoms with Gasteiger partial charge in [0.1, 0.15) is 0 Å². The molecule has 0 aromatic rings. The lowest BCUT2D eigenvalue weighted by Gasteiger charge is -2.06. The highest BCUT2D eigenvalue weighted by molar-refractivity contribution is 7.99. The molecule has 0 saturated heterocycles. The maximum absolute atomic E-state index is 8.62. The molecule has 0 heterocycles. The molecule has 3 nitrogen and oxygen atoms in total. The highest BCUT2D eigenvalue weighted by atomic mass is 32.2. The first-order chi connectivity index (χ1) is 5.81. The third kappa shape index (κ3) is 8.33. The third-order valence-corrected chi connectivity index (χ3v) is 2.61. The van der Waals surface area contributed by atoms with Gasteiger partial charge < -0.3 is 15.6 Å². The molecule has 1 atom stereocenters. The zero-order chi connectivity index (χ0) is 9.23. The molecule has 0 aromatic carbocycles. The maximum atomic E-state index is 8.62. The van der Waals surface area contributed by atoms with Crippen molar-refractivity contribution in [2.24, 2.45) is 5.73 Å². The number of hydrogen-bond acceptors (Lipinski definition) is 4. The standard InChI is InChI=1S/C8H19NO2S/c1-11-4-2-5-12-6-3-8(9)7-10/h8,10H,2-7,9H2,1H3. The van der Waals surface area contributed by atoms with E-state index in [-0.39, 0.29) is 12.6 Å². The molecule has 4 heteroatoms. The quantitative estimate of drug-likeness (QED) is 0.550. The van der Waals surface area contributed by atoms with E-state index in [2.05, 4.69) is 0 Å². The van der Waals surface area contributed by atoms with Crippen molar-refractivity contribution in [2.45, 2.75) is 18.9 Å². The predicted octanol–water partition coefficient (Wildman–Crippen LogP) is 0.466. The monoisotopic (exact) mass is 193 g/mol. The van der Waals surface area contributed by atoms with Crippen LogP contribution in [-0.4, -0.2) is 43.0 Å². The van der Waals surface area contributed by atoms with Crippen molar-refractivity contribution in [3.8, 4) is 0 Å². The van der Waals surface area contributed by atoms with E-state index < -0.39 is 0 Å². The van der Waals surface area contributed by atoms with Crippen molar-refractivity contribution in [1.82, 2.24) is 0 Å². The van der Waals surface area contributed by atoms with Crippen molar-refractivity contribution in [1.29, 1.82) is 0 Å². The van der Waals surface area contributed by atoms with E-state index in [0.717, 1.165) is 31.0 Å². The average Bonchev–Trinajstić information content (AvgIpc) is 2.10. The normalized spacial score (nSPS) is 13.2. The predicted molar refractivity (Wildman–Crippen MR) is 53.5 cm³/mol. The molecular weight excluding hydrogens is 174 g/mol. The fourth-order valence-electron chi connectivity index (χ4n) is 0.733. The second kappa shape index (κ2) is 9.32. The van der Waals surface area contributed by atoms with Crippen LogP contribution >= 0.6 is 11.8 Å². The molecule has 0 fully saturated rings. The number of thioether (sulfide) groups is 1. The van der Waals surface area contributed by atoms with Gasteiger partial charge in [0.15, 0.2) is 0 Å². The second-order valence-electron chi connectivity index (χ2n) is 2.69. The fraction of sp³-hybridized carbons (Fsp3) is 1.00. The summed E-state index contributed by atoms with van der Waals surface area (Å²) in [6, 6.07) is -0.0417. The molecule has 74 valence electrons. The number of hydrogen-bond donors (Lipinski definition) is 2. The lowest BCUT2D eigenvalue weighted by molar-refractivity contribution is 0.200. The van der Waals surface area contributed by atoms with E-state index in [1.807, 2.05) is 11.8 Å². The average molecular weight is 193 g/mol. The van der Waals surface area contributed by atoms with Gasteiger partial charge in [-0.3, -0.25) is 0 Å². The lowest BCUT2D eigenvalue weighted by Crippen LogP contribution is -2.24. The molecule has 0 rings (SSSR count). The van der Waals surface area contributed by atoms with Crippen molar-refractivity contribution < 1.29 is 9.84 Å². The zero-order valence-electron chi connectivity index (χ0n) is 7.66. The minimum absolute atomic E-state index is 0.0417. The number of rotatable bonds is 8. The molecule has 0 aliphatic rings. The smallest absolute Gasteiger partial charge is 0.0582 e. The lowest BCUT2D eigenvalue weighted by atomic mass is 10.3. The summed E-state index contributed by atoms with van der Waals surface area (Å²) < 4.78 is 4.91. The van der Waals surface area contributed by atoms with Gasteiger partial charge >= 0.3 is 0 Å². The first-order valence-electron chi connectivity index (χ1n) is 4.24. The zero-order valence-corrected chi connectivity index (χ0v) is 8.48. The van der Waals surface area contributed by atoms with Gasteiger partial charge in [-0.1, -0.05) is 0 Å². The molecular formula is C8H19NO2S. The minimum Gasteiger partial charge on any atom is -0.395 e. The summed E-state index contributed by atoms with van der Waals surface area (Å²) in [5.74, 6) is 2.15. The van der Waals surface area contributed by atoms with Gasteiger partial charge in [0.2, 0.25) is 0 Å². The van der Waals surface area contributed by atoms with Gasteiger partial charge in [0.05, 0.1) is 6.61 Å². The van der Waals surface area contributed by atoms with Crippen LogP contribution in [0.1, 0.15) is 12.8 Å². The van der Waals surface area contributed by atoms with Crippen LogP contribution in [0.4, 0.5) is 0 Å². The number of nitrogens with two attached hydrogens (primary N) is 1. The summed E-state index contributed by atoms with van der Waals surface area (Å²) in [5.41, 5.74) is 5.53. The Bertz CT molecular complexity index is 93.1. The molecule has 0 bridgehead atoms. The second-order valence-corrected chi connectivity index (χ2v) is 3.91. The van der Waals surface area contributed by atoms with Gasteiger partial charge in [0.25, 0.3) is 0 Å². The number of aliphatic hydroxyl groups is 1. The van der Waals surface area contributed by atoms with Crippen LogP contribution in [0.3, 0.4) is 0 Å². The topological polar surface area (TPSA) is 55.5 Å². The van der Waals surface area contributed by atoms with E-state index in [1.165, 1.54) is 0 Å². The van der Waals surface area contributed by atoms with Crippen molar-refractivity contribution >= 4 is 11.8 Å². The molecule has 0 saturated carbocycles. The number of ether oxygens (including phenoxy) is 1. The van der Waals surface area contributed by atoms with Crippen LogP contribution in [0.25, 0.3) is 0 Å². The third-order valence-electron chi connectivity index (χ3n) is 1.50. The molecule has 0 radical (unpaired) electrons. The molecule has 0 aliphatic heterocycles. The Labute approximate surface area is 78.7 Å². The molecule has 12 heavy (non-hydrogen) atoms. The molecule has 1 unspecified atom stereocenters. The summed E-state index contributed by atoms with van der Waals surface area (Å²) in [4.78, 5) is 0. The van der Waals surface area contributed by atoms with Crippen LogP contribution in [0.5, 0.6) is 0 Å². The first-order valence-corrected chi connectivity index (χ1v) is 5.40. The molecule has 0 spiro atoms. The molecule has 0 aromatic heterocycles. The summed E-state index contributed by atoms with van der Waals surface area (Å²) in [7, 11) is 1.71. The van der Waals surface area contributed by atoms with Crippen LogP contribution in [0, 0.1) is 0 Å². The van der Waals surface area contributed by atoms with E-state index in [0.29, 0.717) is 0 Å². The summed E-state index contributed by atoms with van der Waals surface area (Å²) >= 11 is 1.87. The number of aliphatic hydroxyl groups excluding tert-OH is 1.